The Morgan fingerprint density at radius 3 is 2.24 bits per heavy atom. The van der Waals surface area contributed by atoms with Gasteiger partial charge in [-0.15, -0.1) is 0 Å². The van der Waals surface area contributed by atoms with E-state index in [0.717, 1.165) is 24.5 Å². The van der Waals surface area contributed by atoms with E-state index in [2.05, 4.69) is 19.6 Å². The first-order valence-corrected chi connectivity index (χ1v) is 10.5. The van der Waals surface area contributed by atoms with E-state index in [9.17, 15) is 4.79 Å². The van der Waals surface area contributed by atoms with E-state index in [4.69, 9.17) is 0 Å². The van der Waals surface area contributed by atoms with E-state index < -0.39 is 8.07 Å². The fourth-order valence-corrected chi connectivity index (χ4v) is 3.93. The minimum atomic E-state index is -1.21. The lowest BCUT2D eigenvalue weighted by Gasteiger charge is -2.23. The minimum absolute atomic E-state index is 0.270. The molecule has 96 valence electrons. The molecule has 0 unspecified atom stereocenters. The Hall–Kier alpha value is -0.633. The maximum Gasteiger partial charge on any atom is 0.181 e. The molecule has 1 fully saturated rings. The van der Waals surface area contributed by atoms with Gasteiger partial charge in [0.2, 0.25) is 0 Å². The molecular weight excluding hydrogens is 224 g/mol. The maximum absolute atomic E-state index is 12.2. The Labute approximate surface area is 107 Å². The van der Waals surface area contributed by atoms with E-state index in [1.165, 1.54) is 24.8 Å². The SMILES string of the molecule is C/C=C\C(=O)C(C[Si](C)(C)C)=C1CCCCC1. The van der Waals surface area contributed by atoms with Crippen molar-refractivity contribution < 1.29 is 4.79 Å². The number of allylic oxidation sites excluding steroid dienone is 4. The first-order valence-electron chi connectivity index (χ1n) is 6.82. The zero-order valence-electron chi connectivity index (χ0n) is 11.8. The van der Waals surface area contributed by atoms with Gasteiger partial charge < -0.3 is 0 Å². The van der Waals surface area contributed by atoms with E-state index in [-0.39, 0.29) is 5.78 Å². The standard InChI is InChI=1S/C15H26OSi/c1-5-9-15(16)14(12-17(2,3)4)13-10-7-6-8-11-13/h5,9H,6-8,10-12H2,1-4H3/b9-5-. The molecule has 0 radical (unpaired) electrons. The third-order valence-electron chi connectivity index (χ3n) is 3.21. The van der Waals surface area contributed by atoms with Crippen molar-refractivity contribution in [2.24, 2.45) is 0 Å². The number of hydrogen-bond acceptors (Lipinski definition) is 1. The summed E-state index contributed by atoms with van der Waals surface area (Å²) >= 11 is 0. The average Bonchev–Trinajstić information content (AvgIpc) is 2.26. The molecular formula is C15H26OSi. The predicted molar refractivity (Wildman–Crippen MR) is 78.1 cm³/mol. The molecule has 0 spiro atoms. The second kappa shape index (κ2) is 6.34. The number of hydrogen-bond donors (Lipinski definition) is 0. The molecule has 0 bridgehead atoms. The van der Waals surface area contributed by atoms with E-state index in [1.807, 2.05) is 13.0 Å². The summed E-state index contributed by atoms with van der Waals surface area (Å²) in [4.78, 5) is 12.2. The molecule has 0 aliphatic heterocycles. The van der Waals surface area contributed by atoms with Crippen molar-refractivity contribution in [3.8, 4) is 0 Å². The topological polar surface area (TPSA) is 17.1 Å². The van der Waals surface area contributed by atoms with Gasteiger partial charge in [0.15, 0.2) is 5.78 Å². The largest absolute Gasteiger partial charge is 0.290 e. The van der Waals surface area contributed by atoms with Crippen molar-refractivity contribution in [3.05, 3.63) is 23.3 Å². The summed E-state index contributed by atoms with van der Waals surface area (Å²) in [6.07, 6.45) is 9.81. The van der Waals surface area contributed by atoms with Crippen LogP contribution in [0.5, 0.6) is 0 Å². The molecule has 0 heterocycles. The van der Waals surface area contributed by atoms with Crippen molar-refractivity contribution in [3.63, 3.8) is 0 Å². The molecule has 2 heteroatoms. The Morgan fingerprint density at radius 2 is 1.76 bits per heavy atom. The van der Waals surface area contributed by atoms with Crippen LogP contribution in [0.25, 0.3) is 0 Å². The van der Waals surface area contributed by atoms with Crippen molar-refractivity contribution in [2.75, 3.05) is 0 Å². The summed E-state index contributed by atoms with van der Waals surface area (Å²) in [5.74, 6) is 0.270. The molecule has 0 saturated heterocycles. The minimum Gasteiger partial charge on any atom is -0.290 e. The Morgan fingerprint density at radius 1 is 1.18 bits per heavy atom. The molecule has 1 aliphatic carbocycles. The van der Waals surface area contributed by atoms with Gasteiger partial charge in [-0.05, 0) is 50.3 Å². The third-order valence-corrected chi connectivity index (χ3v) is 4.62. The van der Waals surface area contributed by atoms with Crippen LogP contribution >= 0.6 is 0 Å². The molecule has 0 N–H and O–H groups in total. The van der Waals surface area contributed by atoms with Gasteiger partial charge in [-0.25, -0.2) is 0 Å². The van der Waals surface area contributed by atoms with Gasteiger partial charge in [-0.2, -0.15) is 0 Å². The van der Waals surface area contributed by atoms with E-state index in [0.29, 0.717) is 0 Å². The highest BCUT2D eigenvalue weighted by Crippen LogP contribution is 2.30. The van der Waals surface area contributed by atoms with Crippen molar-refractivity contribution in [1.29, 1.82) is 0 Å². The van der Waals surface area contributed by atoms with Gasteiger partial charge in [0, 0.05) is 8.07 Å². The summed E-state index contributed by atoms with van der Waals surface area (Å²) in [5.41, 5.74) is 2.61. The lowest BCUT2D eigenvalue weighted by molar-refractivity contribution is -0.111. The lowest BCUT2D eigenvalue weighted by Crippen LogP contribution is -2.23. The Bertz CT molecular complexity index is 323. The van der Waals surface area contributed by atoms with Crippen LogP contribution in [0, 0.1) is 0 Å². The number of rotatable bonds is 4. The normalized spacial score (nSPS) is 17.5. The van der Waals surface area contributed by atoms with E-state index in [1.54, 1.807) is 6.08 Å². The summed E-state index contributed by atoms with van der Waals surface area (Å²) in [5, 5.41) is 0. The van der Waals surface area contributed by atoms with Crippen molar-refractivity contribution in [1.82, 2.24) is 0 Å². The zero-order chi connectivity index (χ0) is 12.9. The van der Waals surface area contributed by atoms with Crippen LogP contribution in [-0.2, 0) is 4.79 Å². The number of ketones is 1. The highest BCUT2D eigenvalue weighted by Gasteiger charge is 2.22. The number of carbonyl (C=O) groups excluding carboxylic acids is 1. The number of carbonyl (C=O) groups is 1. The van der Waals surface area contributed by atoms with Crippen LogP contribution < -0.4 is 0 Å². The lowest BCUT2D eigenvalue weighted by atomic mass is 9.90. The molecule has 0 aromatic rings. The molecule has 0 amide bonds. The molecule has 0 aromatic heterocycles. The Kier molecular flexibility index (Phi) is 5.38. The highest BCUT2D eigenvalue weighted by atomic mass is 28.3. The predicted octanol–water partition coefficient (Wildman–Crippen LogP) is 4.73. The van der Waals surface area contributed by atoms with Crippen LogP contribution in [-0.4, -0.2) is 13.9 Å². The molecule has 17 heavy (non-hydrogen) atoms. The van der Waals surface area contributed by atoms with E-state index >= 15 is 0 Å². The van der Waals surface area contributed by atoms with Gasteiger partial charge in [-0.3, -0.25) is 4.79 Å². The summed E-state index contributed by atoms with van der Waals surface area (Å²) in [7, 11) is -1.21. The molecule has 1 nitrogen and oxygen atoms in total. The molecule has 0 atom stereocenters. The van der Waals surface area contributed by atoms with Crippen LogP contribution in [0.2, 0.25) is 25.7 Å². The van der Waals surface area contributed by atoms with Crippen LogP contribution in [0.15, 0.2) is 23.3 Å². The molecule has 1 rings (SSSR count). The highest BCUT2D eigenvalue weighted by molar-refractivity contribution is 6.77. The summed E-state index contributed by atoms with van der Waals surface area (Å²) in [6, 6.07) is 1.05. The quantitative estimate of drug-likeness (QED) is 0.521. The van der Waals surface area contributed by atoms with Crippen molar-refractivity contribution in [2.45, 2.75) is 64.7 Å². The summed E-state index contributed by atoms with van der Waals surface area (Å²) < 4.78 is 0. The van der Waals surface area contributed by atoms with Gasteiger partial charge in [0.05, 0.1) is 0 Å². The van der Waals surface area contributed by atoms with Gasteiger partial charge in [-0.1, -0.05) is 37.7 Å². The van der Waals surface area contributed by atoms with Crippen LogP contribution in [0.4, 0.5) is 0 Å². The zero-order valence-corrected chi connectivity index (χ0v) is 12.8. The van der Waals surface area contributed by atoms with Gasteiger partial charge in [0.25, 0.3) is 0 Å². The fraction of sp³-hybridized carbons (Fsp3) is 0.667. The second-order valence-electron chi connectivity index (χ2n) is 6.24. The molecule has 1 aliphatic rings. The smallest absolute Gasteiger partial charge is 0.181 e. The molecule has 1 saturated carbocycles. The third kappa shape index (κ3) is 5.03. The summed E-state index contributed by atoms with van der Waals surface area (Å²) in [6.45, 7) is 8.97. The monoisotopic (exact) mass is 250 g/mol. The van der Waals surface area contributed by atoms with Crippen LogP contribution in [0.1, 0.15) is 39.0 Å². The fourth-order valence-electron chi connectivity index (χ4n) is 2.45. The van der Waals surface area contributed by atoms with Crippen LogP contribution in [0.3, 0.4) is 0 Å². The van der Waals surface area contributed by atoms with Gasteiger partial charge in [0.1, 0.15) is 0 Å². The van der Waals surface area contributed by atoms with Gasteiger partial charge >= 0.3 is 0 Å². The first kappa shape index (κ1) is 14.4. The van der Waals surface area contributed by atoms with Crippen molar-refractivity contribution >= 4 is 13.9 Å². The first-order chi connectivity index (χ1) is 7.94. The maximum atomic E-state index is 12.2. The average molecular weight is 250 g/mol. The molecule has 0 aromatic carbocycles. The second-order valence-corrected chi connectivity index (χ2v) is 11.7. The Balaban J connectivity index is 2.96.